The van der Waals surface area contributed by atoms with Crippen molar-refractivity contribution in [3.8, 4) is 5.75 Å². The van der Waals surface area contributed by atoms with E-state index in [-0.39, 0.29) is 23.8 Å². The summed E-state index contributed by atoms with van der Waals surface area (Å²) in [5.41, 5.74) is 3.84. The normalized spacial score (nSPS) is 11.8. The van der Waals surface area contributed by atoms with Crippen LogP contribution in [0.25, 0.3) is 0 Å². The number of nitrogens with zero attached hydrogens (tertiary/aromatic N) is 2. The molecule has 0 spiro atoms. The molecule has 0 bridgehead atoms. The van der Waals surface area contributed by atoms with Gasteiger partial charge in [-0.3, -0.25) is 13.9 Å². The lowest BCUT2D eigenvalue weighted by Crippen LogP contribution is -2.53. The van der Waals surface area contributed by atoms with Crippen LogP contribution in [0.15, 0.2) is 108 Å². The summed E-state index contributed by atoms with van der Waals surface area (Å²) >= 11 is 0. The Labute approximate surface area is 254 Å². The average Bonchev–Trinajstić information content (AvgIpc) is 3.03. The minimum Gasteiger partial charge on any atom is -0.497 e. The van der Waals surface area contributed by atoms with Gasteiger partial charge in [0.25, 0.3) is 10.0 Å². The third-order valence-electron chi connectivity index (χ3n) is 7.39. The summed E-state index contributed by atoms with van der Waals surface area (Å²) in [4.78, 5) is 29.3. The Kier molecular flexibility index (Phi) is 10.2. The van der Waals surface area contributed by atoms with Crippen molar-refractivity contribution in [2.24, 2.45) is 0 Å². The number of methoxy groups -OCH3 is 1. The molecule has 0 aliphatic heterocycles. The number of amides is 2. The van der Waals surface area contributed by atoms with Gasteiger partial charge in [-0.05, 0) is 72.5 Å². The van der Waals surface area contributed by atoms with Crippen molar-refractivity contribution >= 4 is 27.5 Å². The van der Waals surface area contributed by atoms with E-state index < -0.39 is 28.5 Å². The standard InChI is InChI=1S/C34H37N3O5S/c1-25-18-19-29(20-26(25)2)37(43(40,41)31-16-9-6-10-17-31)24-33(38)36(23-28-14-11-15-30(21-28)42-4)32(34(39)35-3)22-27-12-7-5-8-13-27/h5-21,32H,22-24H2,1-4H3,(H,35,39). The van der Waals surface area contributed by atoms with E-state index in [4.69, 9.17) is 4.74 Å². The highest BCUT2D eigenvalue weighted by atomic mass is 32.2. The number of hydrogen-bond acceptors (Lipinski definition) is 5. The lowest BCUT2D eigenvalue weighted by molar-refractivity contribution is -0.139. The molecule has 0 heterocycles. The number of benzene rings is 4. The van der Waals surface area contributed by atoms with Crippen molar-refractivity contribution in [3.05, 3.63) is 125 Å². The topological polar surface area (TPSA) is 96.0 Å². The van der Waals surface area contributed by atoms with Gasteiger partial charge in [-0.15, -0.1) is 0 Å². The molecule has 0 saturated heterocycles. The SMILES string of the molecule is CNC(=O)C(Cc1ccccc1)N(Cc1cccc(OC)c1)C(=O)CN(c1ccc(C)c(C)c1)S(=O)(=O)c1ccccc1. The second-order valence-corrected chi connectivity index (χ2v) is 12.1. The molecule has 1 atom stereocenters. The third-order valence-corrected chi connectivity index (χ3v) is 9.18. The quantitative estimate of drug-likeness (QED) is 0.250. The highest BCUT2D eigenvalue weighted by Gasteiger charge is 2.34. The van der Waals surface area contributed by atoms with E-state index >= 15 is 0 Å². The van der Waals surface area contributed by atoms with Crippen LogP contribution in [0.4, 0.5) is 5.69 Å². The molecule has 0 aliphatic carbocycles. The number of ether oxygens (including phenoxy) is 1. The zero-order valence-corrected chi connectivity index (χ0v) is 25.7. The van der Waals surface area contributed by atoms with Gasteiger partial charge in [0, 0.05) is 20.0 Å². The first kappa shape index (κ1) is 31.3. The molecule has 4 aromatic carbocycles. The zero-order chi connectivity index (χ0) is 31.0. The summed E-state index contributed by atoms with van der Waals surface area (Å²) in [6, 6.07) is 29.1. The van der Waals surface area contributed by atoms with Crippen molar-refractivity contribution < 1.29 is 22.7 Å². The number of sulfonamides is 1. The molecule has 8 nitrogen and oxygen atoms in total. The van der Waals surface area contributed by atoms with Gasteiger partial charge in [0.15, 0.2) is 0 Å². The van der Waals surface area contributed by atoms with Crippen molar-refractivity contribution in [3.63, 3.8) is 0 Å². The van der Waals surface area contributed by atoms with Gasteiger partial charge in [-0.25, -0.2) is 8.42 Å². The fourth-order valence-corrected chi connectivity index (χ4v) is 6.24. The highest BCUT2D eigenvalue weighted by molar-refractivity contribution is 7.92. The first-order valence-electron chi connectivity index (χ1n) is 14.0. The second kappa shape index (κ2) is 14.0. The van der Waals surface area contributed by atoms with Crippen molar-refractivity contribution in [1.29, 1.82) is 0 Å². The lowest BCUT2D eigenvalue weighted by atomic mass is 10.0. The highest BCUT2D eigenvalue weighted by Crippen LogP contribution is 2.27. The molecule has 2 amide bonds. The Bertz CT molecular complexity index is 1660. The van der Waals surface area contributed by atoms with E-state index in [2.05, 4.69) is 5.32 Å². The molecule has 0 fully saturated rings. The lowest BCUT2D eigenvalue weighted by Gasteiger charge is -2.33. The van der Waals surface area contributed by atoms with Crippen LogP contribution in [0, 0.1) is 13.8 Å². The maximum Gasteiger partial charge on any atom is 0.264 e. The van der Waals surface area contributed by atoms with Crippen molar-refractivity contribution in [2.75, 3.05) is 25.0 Å². The fraction of sp³-hybridized carbons (Fsp3) is 0.235. The maximum absolute atomic E-state index is 14.4. The molecule has 9 heteroatoms. The summed E-state index contributed by atoms with van der Waals surface area (Å²) < 4.78 is 34.6. The van der Waals surface area contributed by atoms with Gasteiger partial charge in [0.1, 0.15) is 18.3 Å². The Morgan fingerprint density at radius 2 is 1.47 bits per heavy atom. The van der Waals surface area contributed by atoms with Crippen LogP contribution in [0.2, 0.25) is 0 Å². The van der Waals surface area contributed by atoms with Gasteiger partial charge in [-0.1, -0.05) is 66.7 Å². The van der Waals surface area contributed by atoms with E-state index in [9.17, 15) is 18.0 Å². The van der Waals surface area contributed by atoms with Gasteiger partial charge >= 0.3 is 0 Å². The number of carbonyl (C=O) groups excluding carboxylic acids is 2. The summed E-state index contributed by atoms with van der Waals surface area (Å²) in [5.74, 6) is -0.276. The summed E-state index contributed by atoms with van der Waals surface area (Å²) in [5, 5.41) is 2.69. The smallest absolute Gasteiger partial charge is 0.264 e. The summed E-state index contributed by atoms with van der Waals surface area (Å²) in [6.07, 6.45) is 0.241. The first-order valence-corrected chi connectivity index (χ1v) is 15.4. The van der Waals surface area contributed by atoms with Crippen molar-refractivity contribution in [2.45, 2.75) is 37.8 Å². The van der Waals surface area contributed by atoms with Crippen LogP contribution in [-0.4, -0.2) is 51.9 Å². The molecule has 0 saturated carbocycles. The van der Waals surface area contributed by atoms with Crippen LogP contribution in [0.3, 0.4) is 0 Å². The molecule has 43 heavy (non-hydrogen) atoms. The number of rotatable bonds is 12. The Morgan fingerprint density at radius 1 is 0.814 bits per heavy atom. The molecule has 224 valence electrons. The monoisotopic (exact) mass is 599 g/mol. The average molecular weight is 600 g/mol. The molecule has 0 aromatic heterocycles. The summed E-state index contributed by atoms with van der Waals surface area (Å²) in [6.45, 7) is 3.39. The van der Waals surface area contributed by atoms with Crippen LogP contribution in [0.5, 0.6) is 5.75 Å². The Morgan fingerprint density at radius 3 is 2.09 bits per heavy atom. The van der Waals surface area contributed by atoms with E-state index in [1.807, 2.05) is 62.4 Å². The molecule has 1 unspecified atom stereocenters. The maximum atomic E-state index is 14.4. The van der Waals surface area contributed by atoms with Crippen LogP contribution in [0.1, 0.15) is 22.3 Å². The number of aryl methyl sites for hydroxylation is 2. The predicted octanol–water partition coefficient (Wildman–Crippen LogP) is 4.89. The van der Waals surface area contributed by atoms with Crippen LogP contribution >= 0.6 is 0 Å². The molecule has 4 aromatic rings. The summed E-state index contributed by atoms with van der Waals surface area (Å²) in [7, 11) is -1.06. The molecular formula is C34H37N3O5S. The predicted molar refractivity (Wildman–Crippen MR) is 168 cm³/mol. The van der Waals surface area contributed by atoms with Crippen LogP contribution in [-0.2, 0) is 32.6 Å². The molecule has 1 N–H and O–H groups in total. The van der Waals surface area contributed by atoms with Gasteiger partial charge < -0.3 is 15.0 Å². The second-order valence-electron chi connectivity index (χ2n) is 10.3. The van der Waals surface area contributed by atoms with E-state index in [0.717, 1.165) is 26.6 Å². The molecule has 4 rings (SSSR count). The number of hydrogen-bond donors (Lipinski definition) is 1. The number of anilines is 1. The van der Waals surface area contributed by atoms with E-state index in [1.165, 1.54) is 24.1 Å². The molecule has 0 radical (unpaired) electrons. The van der Waals surface area contributed by atoms with E-state index in [0.29, 0.717) is 11.4 Å². The first-order chi connectivity index (χ1) is 20.6. The zero-order valence-electron chi connectivity index (χ0n) is 24.9. The van der Waals surface area contributed by atoms with E-state index in [1.54, 1.807) is 49.6 Å². The van der Waals surface area contributed by atoms with Crippen LogP contribution < -0.4 is 14.4 Å². The number of carbonyl (C=O) groups is 2. The third kappa shape index (κ3) is 7.61. The minimum atomic E-state index is -4.14. The largest absolute Gasteiger partial charge is 0.497 e. The fourth-order valence-electron chi connectivity index (χ4n) is 4.82. The van der Waals surface area contributed by atoms with Crippen molar-refractivity contribution in [1.82, 2.24) is 10.2 Å². The Balaban J connectivity index is 1.80. The van der Waals surface area contributed by atoms with Gasteiger partial charge in [0.2, 0.25) is 11.8 Å². The minimum absolute atomic E-state index is 0.0625. The number of likely N-dealkylation sites (N-methyl/N-ethyl adjacent to an activating group) is 1. The molecule has 0 aliphatic rings. The van der Waals surface area contributed by atoms with Gasteiger partial charge in [0.05, 0.1) is 17.7 Å². The van der Waals surface area contributed by atoms with Gasteiger partial charge in [-0.2, -0.15) is 0 Å². The number of nitrogens with one attached hydrogen (secondary N) is 1. The molecular weight excluding hydrogens is 562 g/mol. The Hall–Kier alpha value is -4.63.